The first-order valence-corrected chi connectivity index (χ1v) is 10.5. The monoisotopic (exact) mass is 395 g/mol. The van der Waals surface area contributed by atoms with Crippen LogP contribution in [0.3, 0.4) is 0 Å². The summed E-state index contributed by atoms with van der Waals surface area (Å²) in [5.74, 6) is -0.464. The summed E-state index contributed by atoms with van der Waals surface area (Å²) in [6, 6.07) is 2.63. The number of hydrogen-bond acceptors (Lipinski definition) is 7. The summed E-state index contributed by atoms with van der Waals surface area (Å²) < 4.78 is 27.4. The molecule has 0 spiro atoms. The van der Waals surface area contributed by atoms with Crippen molar-refractivity contribution < 1.29 is 13.2 Å². The Morgan fingerprint density at radius 1 is 1.35 bits per heavy atom. The number of carbonyl (C=O) groups excluding carboxylic acids is 1. The number of hydrogen-bond donors (Lipinski definition) is 1. The van der Waals surface area contributed by atoms with E-state index in [-0.39, 0.29) is 16.5 Å². The van der Waals surface area contributed by atoms with Gasteiger partial charge >= 0.3 is 0 Å². The lowest BCUT2D eigenvalue weighted by atomic mass is 10.2. The first kappa shape index (κ1) is 17.3. The van der Waals surface area contributed by atoms with E-state index < -0.39 is 15.9 Å². The number of anilines is 1. The molecule has 0 radical (unpaired) electrons. The van der Waals surface area contributed by atoms with Gasteiger partial charge in [-0.3, -0.25) is 14.9 Å². The second-order valence-corrected chi connectivity index (χ2v) is 9.65. The summed E-state index contributed by atoms with van der Waals surface area (Å²) in [4.78, 5) is 28.9. The molecule has 0 bridgehead atoms. The van der Waals surface area contributed by atoms with Crippen molar-refractivity contribution in [2.75, 3.05) is 11.9 Å². The van der Waals surface area contributed by atoms with E-state index in [1.165, 1.54) is 34.8 Å². The number of aromatic nitrogens is 3. The van der Waals surface area contributed by atoms with Crippen LogP contribution in [0.5, 0.6) is 0 Å². The molecule has 1 aliphatic heterocycles. The molecule has 0 aromatic carbocycles. The summed E-state index contributed by atoms with van der Waals surface area (Å²) >= 11 is 1.27. The Hall–Kier alpha value is -2.11. The van der Waals surface area contributed by atoms with E-state index in [0.29, 0.717) is 24.6 Å². The Labute approximate surface area is 153 Å². The van der Waals surface area contributed by atoms with Gasteiger partial charge < -0.3 is 0 Å². The molecule has 1 aliphatic carbocycles. The van der Waals surface area contributed by atoms with Gasteiger partial charge in [-0.15, -0.1) is 11.3 Å². The van der Waals surface area contributed by atoms with Gasteiger partial charge in [0.15, 0.2) is 5.13 Å². The molecule has 3 heterocycles. The molecule has 0 unspecified atom stereocenters. The molecule has 1 N–H and O–H groups in total. The molecule has 1 fully saturated rings. The quantitative estimate of drug-likeness (QED) is 0.798. The lowest BCUT2D eigenvalue weighted by molar-refractivity contribution is 0.102. The number of nitrogens with one attached hydrogen (secondary N) is 1. The van der Waals surface area contributed by atoms with Gasteiger partial charge in [0.05, 0.1) is 10.9 Å². The fourth-order valence-electron chi connectivity index (χ4n) is 2.80. The second-order valence-electron chi connectivity index (χ2n) is 6.35. The average molecular weight is 395 g/mol. The van der Waals surface area contributed by atoms with Crippen molar-refractivity contribution in [2.45, 2.75) is 31.1 Å². The number of rotatable bonds is 4. The van der Waals surface area contributed by atoms with Crippen LogP contribution in [0.1, 0.15) is 33.9 Å². The van der Waals surface area contributed by atoms with Crippen molar-refractivity contribution in [2.24, 2.45) is 7.05 Å². The van der Waals surface area contributed by atoms with E-state index >= 15 is 0 Å². The van der Waals surface area contributed by atoms with Gasteiger partial charge in [0.25, 0.3) is 11.5 Å². The standard InChI is InChI=1S/C15H17N5O4S2/c1-19-13(21)5-4-11(18-19)14(22)17-15-16-10-6-7-20(8-12(10)25-15)26(23,24)9-2-3-9/h4-5,9H,2-3,6-8H2,1H3,(H,16,17,22). The van der Waals surface area contributed by atoms with Crippen molar-refractivity contribution in [3.63, 3.8) is 0 Å². The van der Waals surface area contributed by atoms with Crippen molar-refractivity contribution in [3.05, 3.63) is 38.8 Å². The SMILES string of the molecule is Cn1nc(C(=O)Nc2nc3c(s2)CN(S(=O)(=O)C2CC2)CC3)ccc1=O. The third kappa shape index (κ3) is 3.17. The largest absolute Gasteiger partial charge is 0.296 e. The number of aryl methyl sites for hydroxylation is 1. The number of amides is 1. The van der Waals surface area contributed by atoms with Crippen LogP contribution in [0.4, 0.5) is 5.13 Å². The number of thiazole rings is 1. The van der Waals surface area contributed by atoms with Crippen LogP contribution in [0.15, 0.2) is 16.9 Å². The van der Waals surface area contributed by atoms with Gasteiger partial charge in [0.1, 0.15) is 5.69 Å². The average Bonchev–Trinajstić information content (AvgIpc) is 3.38. The summed E-state index contributed by atoms with van der Waals surface area (Å²) in [7, 11) is -1.75. The molecule has 1 saturated carbocycles. The third-order valence-electron chi connectivity index (χ3n) is 4.42. The van der Waals surface area contributed by atoms with E-state index in [9.17, 15) is 18.0 Å². The number of nitrogens with zero attached hydrogens (tertiary/aromatic N) is 4. The van der Waals surface area contributed by atoms with Crippen LogP contribution in [-0.4, -0.2) is 45.2 Å². The first-order chi connectivity index (χ1) is 12.3. The molecular formula is C15H17N5O4S2. The number of sulfonamides is 1. The highest BCUT2D eigenvalue weighted by Crippen LogP contribution is 2.35. The van der Waals surface area contributed by atoms with E-state index in [1.54, 1.807) is 0 Å². The molecule has 2 aromatic rings. The van der Waals surface area contributed by atoms with E-state index in [2.05, 4.69) is 15.4 Å². The lowest BCUT2D eigenvalue weighted by Crippen LogP contribution is -2.37. The maximum atomic E-state index is 12.4. The highest BCUT2D eigenvalue weighted by atomic mass is 32.2. The maximum absolute atomic E-state index is 12.4. The van der Waals surface area contributed by atoms with Crippen LogP contribution in [0.2, 0.25) is 0 Å². The van der Waals surface area contributed by atoms with Gasteiger partial charge in [-0.2, -0.15) is 9.40 Å². The zero-order valence-electron chi connectivity index (χ0n) is 14.0. The van der Waals surface area contributed by atoms with Gasteiger partial charge in [0, 0.05) is 37.5 Å². The van der Waals surface area contributed by atoms with Crippen molar-refractivity contribution in [1.29, 1.82) is 0 Å². The predicted molar refractivity (Wildman–Crippen MR) is 95.6 cm³/mol. The summed E-state index contributed by atoms with van der Waals surface area (Å²) in [5, 5.41) is 6.75. The Balaban J connectivity index is 1.50. The van der Waals surface area contributed by atoms with Gasteiger partial charge in [0.2, 0.25) is 10.0 Å². The number of fused-ring (bicyclic) bond motifs is 1. The predicted octanol–water partition coefficient (Wildman–Crippen LogP) is 0.339. The maximum Gasteiger partial charge on any atom is 0.277 e. The molecule has 0 atom stereocenters. The molecule has 11 heteroatoms. The minimum atomic E-state index is -3.21. The summed E-state index contributed by atoms with van der Waals surface area (Å²) in [5.41, 5.74) is 0.627. The third-order valence-corrected chi connectivity index (χ3v) is 7.76. The Bertz CT molecular complexity index is 1040. The molecule has 2 aliphatic rings. The van der Waals surface area contributed by atoms with Gasteiger partial charge in [-0.25, -0.2) is 18.1 Å². The fourth-order valence-corrected chi connectivity index (χ4v) is 5.71. The number of carbonyl (C=O) groups is 1. The Morgan fingerprint density at radius 2 is 2.12 bits per heavy atom. The molecule has 26 heavy (non-hydrogen) atoms. The topological polar surface area (TPSA) is 114 Å². The smallest absolute Gasteiger partial charge is 0.277 e. The molecule has 138 valence electrons. The molecule has 1 amide bonds. The molecule has 9 nitrogen and oxygen atoms in total. The molecule has 4 rings (SSSR count). The van der Waals surface area contributed by atoms with Crippen molar-refractivity contribution >= 4 is 32.4 Å². The van der Waals surface area contributed by atoms with Crippen molar-refractivity contribution in [1.82, 2.24) is 19.1 Å². The minimum absolute atomic E-state index is 0.109. The summed E-state index contributed by atoms with van der Waals surface area (Å²) in [6.07, 6.45) is 2.01. The minimum Gasteiger partial charge on any atom is -0.296 e. The second kappa shape index (κ2) is 6.25. The van der Waals surface area contributed by atoms with Crippen LogP contribution >= 0.6 is 11.3 Å². The fraction of sp³-hybridized carbons (Fsp3) is 0.467. The molecular weight excluding hydrogens is 378 g/mol. The van der Waals surface area contributed by atoms with Crippen molar-refractivity contribution in [3.8, 4) is 0 Å². The normalized spacial score (nSPS) is 17.7. The summed E-state index contributed by atoms with van der Waals surface area (Å²) in [6.45, 7) is 0.727. The first-order valence-electron chi connectivity index (χ1n) is 8.18. The van der Waals surface area contributed by atoms with Crippen LogP contribution in [0.25, 0.3) is 0 Å². The zero-order chi connectivity index (χ0) is 18.5. The Kier molecular flexibility index (Phi) is 4.16. The van der Waals surface area contributed by atoms with Crippen LogP contribution in [-0.2, 0) is 30.0 Å². The highest BCUT2D eigenvalue weighted by molar-refractivity contribution is 7.90. The zero-order valence-corrected chi connectivity index (χ0v) is 15.6. The molecule has 0 saturated heterocycles. The highest BCUT2D eigenvalue weighted by Gasteiger charge is 2.41. The Morgan fingerprint density at radius 3 is 2.81 bits per heavy atom. The van der Waals surface area contributed by atoms with Crippen LogP contribution in [0, 0.1) is 0 Å². The molecule has 2 aromatic heterocycles. The van der Waals surface area contributed by atoms with E-state index in [1.807, 2.05) is 0 Å². The van der Waals surface area contributed by atoms with Crippen LogP contribution < -0.4 is 10.9 Å². The van der Waals surface area contributed by atoms with Gasteiger partial charge in [-0.1, -0.05) is 0 Å². The lowest BCUT2D eigenvalue weighted by Gasteiger charge is -2.25. The van der Waals surface area contributed by atoms with Gasteiger partial charge in [-0.05, 0) is 18.9 Å². The van der Waals surface area contributed by atoms with E-state index in [4.69, 9.17) is 0 Å². The van der Waals surface area contributed by atoms with E-state index in [0.717, 1.165) is 28.1 Å².